The van der Waals surface area contributed by atoms with Crippen LogP contribution in [0.5, 0.6) is 0 Å². The number of nitrogen functional groups attached to an aromatic ring is 1. The summed E-state index contributed by atoms with van der Waals surface area (Å²) in [7, 11) is 0. The van der Waals surface area contributed by atoms with Gasteiger partial charge in [-0.25, -0.2) is 9.18 Å². The third-order valence-electron chi connectivity index (χ3n) is 1.64. The Hall–Kier alpha value is -1.74. The Bertz CT molecular complexity index is 480. The number of halogens is 2. The zero-order valence-corrected chi connectivity index (χ0v) is 9.64. The predicted octanol–water partition coefficient (Wildman–Crippen LogP) is 1.79. The van der Waals surface area contributed by atoms with Crippen LogP contribution in [0.25, 0.3) is 0 Å². The lowest BCUT2D eigenvalue weighted by molar-refractivity contribution is 0.196. The highest BCUT2D eigenvalue weighted by atomic mass is 79.9. The summed E-state index contributed by atoms with van der Waals surface area (Å²) in [6.07, 6.45) is -1.16. The van der Waals surface area contributed by atoms with E-state index in [1.54, 1.807) is 0 Å². The van der Waals surface area contributed by atoms with Crippen molar-refractivity contribution in [1.82, 2.24) is 5.32 Å². The van der Waals surface area contributed by atoms with E-state index in [0.29, 0.717) is 11.3 Å². The van der Waals surface area contributed by atoms with Gasteiger partial charge in [-0.2, -0.15) is 0 Å². The van der Waals surface area contributed by atoms with E-state index in [2.05, 4.69) is 33.1 Å². The van der Waals surface area contributed by atoms with E-state index in [1.807, 2.05) is 0 Å². The molecule has 0 heterocycles. The van der Waals surface area contributed by atoms with Gasteiger partial charge in [-0.3, -0.25) is 0 Å². The Balaban J connectivity index is 2.81. The van der Waals surface area contributed by atoms with E-state index in [4.69, 9.17) is 10.8 Å². The second-order valence-corrected chi connectivity index (χ2v) is 3.67. The van der Waals surface area contributed by atoms with Gasteiger partial charge in [-0.05, 0) is 28.1 Å². The molecule has 1 aromatic rings. The molecule has 84 valence electrons. The zero-order chi connectivity index (χ0) is 12.1. The first-order valence-corrected chi connectivity index (χ1v) is 5.00. The first kappa shape index (κ1) is 12.3. The standard InChI is InChI=1S/C10H8BrFN2O2/c11-7-5-9(13)6(4-8(7)12)2-1-3-14-10(15)16/h4-5,14H,3,13H2,(H,15,16). The lowest BCUT2D eigenvalue weighted by Gasteiger charge is -2.00. The fraction of sp³-hybridized carbons (Fsp3) is 0.100. The molecular weight excluding hydrogens is 279 g/mol. The Morgan fingerprint density at radius 2 is 2.31 bits per heavy atom. The number of benzene rings is 1. The van der Waals surface area contributed by atoms with Crippen molar-refractivity contribution < 1.29 is 14.3 Å². The second kappa shape index (κ2) is 5.37. The van der Waals surface area contributed by atoms with Gasteiger partial charge in [0.15, 0.2) is 0 Å². The van der Waals surface area contributed by atoms with Crippen molar-refractivity contribution in [2.75, 3.05) is 12.3 Å². The van der Waals surface area contributed by atoms with Crippen LogP contribution in [0.15, 0.2) is 16.6 Å². The maximum absolute atomic E-state index is 13.1. The van der Waals surface area contributed by atoms with Crippen LogP contribution in [0.4, 0.5) is 14.9 Å². The topological polar surface area (TPSA) is 75.3 Å². The summed E-state index contributed by atoms with van der Waals surface area (Å²) >= 11 is 2.99. The monoisotopic (exact) mass is 286 g/mol. The molecule has 0 radical (unpaired) electrons. The highest BCUT2D eigenvalue weighted by Gasteiger charge is 2.03. The van der Waals surface area contributed by atoms with E-state index in [9.17, 15) is 9.18 Å². The molecule has 0 aliphatic rings. The molecule has 0 bridgehead atoms. The first-order valence-electron chi connectivity index (χ1n) is 4.21. The minimum Gasteiger partial charge on any atom is -0.465 e. The molecule has 6 heteroatoms. The minimum atomic E-state index is -1.16. The summed E-state index contributed by atoms with van der Waals surface area (Å²) in [5.41, 5.74) is 6.25. The fourth-order valence-corrected chi connectivity index (χ4v) is 1.29. The van der Waals surface area contributed by atoms with Gasteiger partial charge in [0.25, 0.3) is 0 Å². The van der Waals surface area contributed by atoms with Crippen LogP contribution in [-0.2, 0) is 0 Å². The van der Waals surface area contributed by atoms with Crippen molar-refractivity contribution in [3.63, 3.8) is 0 Å². The molecule has 0 fully saturated rings. The molecule has 4 N–H and O–H groups in total. The Kier molecular flexibility index (Phi) is 4.14. The number of hydrogen-bond donors (Lipinski definition) is 3. The highest BCUT2D eigenvalue weighted by molar-refractivity contribution is 9.10. The number of anilines is 1. The van der Waals surface area contributed by atoms with Gasteiger partial charge in [-0.1, -0.05) is 11.8 Å². The van der Waals surface area contributed by atoms with Gasteiger partial charge in [0.05, 0.1) is 16.6 Å². The van der Waals surface area contributed by atoms with Gasteiger partial charge in [0.2, 0.25) is 0 Å². The number of amides is 1. The number of nitrogens with one attached hydrogen (secondary N) is 1. The van der Waals surface area contributed by atoms with Gasteiger partial charge >= 0.3 is 6.09 Å². The summed E-state index contributed by atoms with van der Waals surface area (Å²) in [4.78, 5) is 10.1. The molecule has 1 amide bonds. The van der Waals surface area contributed by atoms with E-state index in [-0.39, 0.29) is 11.0 Å². The van der Waals surface area contributed by atoms with Crippen LogP contribution in [0.3, 0.4) is 0 Å². The van der Waals surface area contributed by atoms with Crippen molar-refractivity contribution in [1.29, 1.82) is 0 Å². The lowest BCUT2D eigenvalue weighted by Crippen LogP contribution is -2.20. The third-order valence-corrected chi connectivity index (χ3v) is 2.25. The molecule has 0 saturated carbocycles. The number of carboxylic acid groups (broad SMARTS) is 1. The Morgan fingerprint density at radius 3 is 2.94 bits per heavy atom. The van der Waals surface area contributed by atoms with Gasteiger partial charge in [0, 0.05) is 5.69 Å². The molecular formula is C10H8BrFN2O2. The Labute approximate surface area is 99.8 Å². The van der Waals surface area contributed by atoms with Crippen LogP contribution in [0.1, 0.15) is 5.56 Å². The van der Waals surface area contributed by atoms with Crippen LogP contribution in [0.2, 0.25) is 0 Å². The quantitative estimate of drug-likeness (QED) is 0.544. The molecule has 16 heavy (non-hydrogen) atoms. The number of carbonyl (C=O) groups is 1. The van der Waals surface area contributed by atoms with Crippen LogP contribution < -0.4 is 11.1 Å². The van der Waals surface area contributed by atoms with Crippen LogP contribution >= 0.6 is 15.9 Å². The molecule has 0 unspecified atom stereocenters. The summed E-state index contributed by atoms with van der Waals surface area (Å²) in [5.74, 6) is 4.62. The molecule has 0 aromatic heterocycles. The summed E-state index contributed by atoms with van der Waals surface area (Å²) < 4.78 is 13.4. The zero-order valence-electron chi connectivity index (χ0n) is 8.05. The Morgan fingerprint density at radius 1 is 1.62 bits per heavy atom. The summed E-state index contributed by atoms with van der Waals surface area (Å²) in [5, 5.41) is 10.3. The van der Waals surface area contributed by atoms with Crippen LogP contribution in [0, 0.1) is 17.7 Å². The number of nitrogens with two attached hydrogens (primary N) is 1. The molecule has 1 rings (SSSR count). The van der Waals surface area contributed by atoms with Gasteiger partial charge < -0.3 is 16.2 Å². The normalized spacial score (nSPS) is 9.12. The third kappa shape index (κ3) is 3.44. The lowest BCUT2D eigenvalue weighted by atomic mass is 10.2. The summed E-state index contributed by atoms with van der Waals surface area (Å²) in [6, 6.07) is 2.59. The maximum Gasteiger partial charge on any atom is 0.405 e. The van der Waals surface area contributed by atoms with Crippen molar-refractivity contribution in [3.8, 4) is 11.8 Å². The van der Waals surface area contributed by atoms with E-state index in [0.717, 1.165) is 0 Å². The van der Waals surface area contributed by atoms with Gasteiger partial charge in [-0.15, -0.1) is 0 Å². The van der Waals surface area contributed by atoms with E-state index >= 15 is 0 Å². The molecule has 0 aliphatic heterocycles. The molecule has 1 aromatic carbocycles. The molecule has 0 atom stereocenters. The number of rotatable bonds is 1. The molecule has 0 aliphatic carbocycles. The highest BCUT2D eigenvalue weighted by Crippen LogP contribution is 2.21. The molecule has 4 nitrogen and oxygen atoms in total. The van der Waals surface area contributed by atoms with Crippen molar-refractivity contribution in [3.05, 3.63) is 28.0 Å². The van der Waals surface area contributed by atoms with Gasteiger partial charge in [0.1, 0.15) is 5.82 Å². The van der Waals surface area contributed by atoms with Crippen LogP contribution in [-0.4, -0.2) is 17.7 Å². The van der Waals surface area contributed by atoms with Crippen molar-refractivity contribution >= 4 is 27.7 Å². The summed E-state index contributed by atoms with van der Waals surface area (Å²) in [6.45, 7) is -0.0353. The van der Waals surface area contributed by atoms with Crippen molar-refractivity contribution in [2.45, 2.75) is 0 Å². The average molecular weight is 287 g/mol. The maximum atomic E-state index is 13.1. The molecule has 0 saturated heterocycles. The van der Waals surface area contributed by atoms with E-state index < -0.39 is 11.9 Å². The average Bonchev–Trinajstić information content (AvgIpc) is 2.19. The number of hydrogen-bond acceptors (Lipinski definition) is 2. The second-order valence-electron chi connectivity index (χ2n) is 2.81. The largest absolute Gasteiger partial charge is 0.465 e. The molecule has 0 spiro atoms. The minimum absolute atomic E-state index is 0.0353. The smallest absolute Gasteiger partial charge is 0.405 e. The predicted molar refractivity (Wildman–Crippen MR) is 61.4 cm³/mol. The van der Waals surface area contributed by atoms with Crippen molar-refractivity contribution in [2.24, 2.45) is 0 Å². The SMILES string of the molecule is Nc1cc(Br)c(F)cc1C#CCNC(=O)O. The first-order chi connectivity index (χ1) is 7.50. The van der Waals surface area contributed by atoms with E-state index in [1.165, 1.54) is 12.1 Å². The fourth-order valence-electron chi connectivity index (χ4n) is 0.930.